The molecule has 6 nitrogen and oxygen atoms in total. The van der Waals surface area contributed by atoms with Crippen molar-refractivity contribution in [3.8, 4) is 5.75 Å². The molecule has 0 spiro atoms. The fraction of sp³-hybridized carbons (Fsp3) is 0.133. The average molecular weight is 320 g/mol. The molecule has 2 aromatic carbocycles. The lowest BCUT2D eigenvalue weighted by Gasteiger charge is -2.11. The maximum absolute atomic E-state index is 12.3. The van der Waals surface area contributed by atoms with Gasteiger partial charge in [-0.1, -0.05) is 18.2 Å². The van der Waals surface area contributed by atoms with Crippen LogP contribution < -0.4 is 14.6 Å². The predicted octanol–water partition coefficient (Wildman–Crippen LogP) is 0.925. The highest BCUT2D eigenvalue weighted by atomic mass is 32.2. The minimum absolute atomic E-state index is 0.0524. The molecule has 7 heteroatoms. The zero-order chi connectivity index (χ0) is 16.2. The van der Waals surface area contributed by atoms with Crippen LogP contribution in [-0.4, -0.2) is 21.0 Å². The Labute approximate surface area is 128 Å². The van der Waals surface area contributed by atoms with E-state index in [1.807, 2.05) is 6.07 Å². The van der Waals surface area contributed by atoms with Gasteiger partial charge in [-0.05, 0) is 42.8 Å². The van der Waals surface area contributed by atoms with Crippen molar-refractivity contribution in [3.05, 3.63) is 54.1 Å². The Kier molecular flexibility index (Phi) is 4.67. The van der Waals surface area contributed by atoms with Crippen LogP contribution in [0, 0.1) is 6.92 Å². The Morgan fingerprint density at radius 1 is 1.14 bits per heavy atom. The summed E-state index contributed by atoms with van der Waals surface area (Å²) in [5, 5.41) is 10.3. The van der Waals surface area contributed by atoms with Crippen LogP contribution in [0.5, 0.6) is 5.75 Å². The lowest BCUT2D eigenvalue weighted by Crippen LogP contribution is -2.28. The molecule has 22 heavy (non-hydrogen) atoms. The summed E-state index contributed by atoms with van der Waals surface area (Å²) < 4.78 is 31.9. The van der Waals surface area contributed by atoms with Crippen molar-refractivity contribution in [2.24, 2.45) is 0 Å². The zero-order valence-electron chi connectivity index (χ0n) is 11.8. The Morgan fingerprint density at radius 2 is 1.77 bits per heavy atom. The molecule has 0 radical (unpaired) electrons. The quantitative estimate of drug-likeness (QED) is 0.854. The number of para-hydroxylation sites is 1. The fourth-order valence-electron chi connectivity index (χ4n) is 1.75. The van der Waals surface area contributed by atoms with Crippen LogP contribution in [0.1, 0.15) is 5.56 Å². The van der Waals surface area contributed by atoms with E-state index in [1.165, 1.54) is 24.3 Å². The first kappa shape index (κ1) is 15.8. The molecule has 0 fully saturated rings. The van der Waals surface area contributed by atoms with E-state index < -0.39 is 22.6 Å². The van der Waals surface area contributed by atoms with Crippen molar-refractivity contribution in [3.63, 3.8) is 0 Å². The maximum atomic E-state index is 12.3. The van der Waals surface area contributed by atoms with Crippen molar-refractivity contribution < 1.29 is 23.1 Å². The number of hydrogen-bond donors (Lipinski definition) is 1. The molecule has 2 rings (SSSR count). The van der Waals surface area contributed by atoms with E-state index >= 15 is 0 Å². The second-order valence-electron chi connectivity index (χ2n) is 4.55. The fourth-order valence-corrected chi connectivity index (χ4v) is 2.88. The summed E-state index contributed by atoms with van der Waals surface area (Å²) in [5.74, 6) is -1.10. The van der Waals surface area contributed by atoms with Crippen molar-refractivity contribution in [2.75, 3.05) is 11.3 Å². The molecular weight excluding hydrogens is 306 g/mol. The first-order valence-corrected chi connectivity index (χ1v) is 7.88. The lowest BCUT2D eigenvalue weighted by molar-refractivity contribution is -0.307. The second kappa shape index (κ2) is 6.48. The van der Waals surface area contributed by atoms with E-state index in [2.05, 4.69) is 4.72 Å². The van der Waals surface area contributed by atoms with Gasteiger partial charge >= 0.3 is 0 Å². The van der Waals surface area contributed by atoms with Crippen LogP contribution >= 0.6 is 0 Å². The van der Waals surface area contributed by atoms with Crippen LogP contribution in [0.25, 0.3) is 0 Å². The number of aryl methyl sites for hydroxylation is 1. The summed E-state index contributed by atoms with van der Waals surface area (Å²) in [4.78, 5) is 10.3. The molecule has 2 aromatic rings. The SMILES string of the molecule is Cc1ccccc1NS(=O)(=O)c1ccc(OCC(=O)[O-])cc1. The summed E-state index contributed by atoms with van der Waals surface area (Å²) in [5.41, 5.74) is 1.31. The van der Waals surface area contributed by atoms with Gasteiger partial charge in [-0.3, -0.25) is 4.72 Å². The summed E-state index contributed by atoms with van der Waals surface area (Å²) in [6.45, 7) is 1.21. The van der Waals surface area contributed by atoms with Gasteiger partial charge in [0.25, 0.3) is 10.0 Å². The van der Waals surface area contributed by atoms with Crippen LogP contribution in [0.4, 0.5) is 5.69 Å². The number of carboxylic acid groups (broad SMARTS) is 1. The zero-order valence-corrected chi connectivity index (χ0v) is 12.6. The number of hydrogen-bond acceptors (Lipinski definition) is 5. The van der Waals surface area contributed by atoms with E-state index in [4.69, 9.17) is 4.74 Å². The number of anilines is 1. The molecule has 0 heterocycles. The van der Waals surface area contributed by atoms with Gasteiger partial charge in [0, 0.05) is 0 Å². The van der Waals surface area contributed by atoms with Gasteiger partial charge in [0.1, 0.15) is 12.4 Å². The molecular formula is C15H14NO5S-. The average Bonchev–Trinajstić information content (AvgIpc) is 2.48. The van der Waals surface area contributed by atoms with Gasteiger partial charge in [-0.15, -0.1) is 0 Å². The number of sulfonamides is 1. The van der Waals surface area contributed by atoms with Crippen molar-refractivity contribution >= 4 is 21.7 Å². The summed E-state index contributed by atoms with van der Waals surface area (Å²) in [7, 11) is -3.72. The summed E-state index contributed by atoms with van der Waals surface area (Å²) in [6, 6.07) is 12.5. The minimum Gasteiger partial charge on any atom is -0.546 e. The normalized spacial score (nSPS) is 11.0. The Hall–Kier alpha value is -2.54. The highest BCUT2D eigenvalue weighted by molar-refractivity contribution is 7.92. The highest BCUT2D eigenvalue weighted by Crippen LogP contribution is 2.21. The second-order valence-corrected chi connectivity index (χ2v) is 6.23. The van der Waals surface area contributed by atoms with Gasteiger partial charge in [0.05, 0.1) is 16.6 Å². The minimum atomic E-state index is -3.72. The molecule has 1 N–H and O–H groups in total. The number of rotatable bonds is 6. The van der Waals surface area contributed by atoms with Crippen LogP contribution in [0.3, 0.4) is 0 Å². The van der Waals surface area contributed by atoms with E-state index in [1.54, 1.807) is 25.1 Å². The van der Waals surface area contributed by atoms with E-state index in [9.17, 15) is 18.3 Å². The van der Waals surface area contributed by atoms with E-state index in [0.717, 1.165) is 5.56 Å². The summed E-state index contributed by atoms with van der Waals surface area (Å²) >= 11 is 0. The van der Waals surface area contributed by atoms with Crippen molar-refractivity contribution in [2.45, 2.75) is 11.8 Å². The molecule has 0 saturated carbocycles. The molecule has 0 aromatic heterocycles. The Bertz CT molecular complexity index is 769. The third-order valence-electron chi connectivity index (χ3n) is 2.88. The number of carboxylic acids is 1. The molecule has 0 aliphatic carbocycles. The molecule has 0 saturated heterocycles. The number of ether oxygens (including phenoxy) is 1. The number of carbonyl (C=O) groups is 1. The smallest absolute Gasteiger partial charge is 0.261 e. The van der Waals surface area contributed by atoms with E-state index in [0.29, 0.717) is 5.69 Å². The molecule has 0 aliphatic heterocycles. The topological polar surface area (TPSA) is 95.5 Å². The Morgan fingerprint density at radius 3 is 2.36 bits per heavy atom. The third kappa shape index (κ3) is 3.98. The molecule has 0 unspecified atom stereocenters. The first-order valence-electron chi connectivity index (χ1n) is 6.39. The number of aliphatic carboxylic acids is 1. The molecule has 0 bridgehead atoms. The number of benzene rings is 2. The number of nitrogens with one attached hydrogen (secondary N) is 1. The first-order chi connectivity index (χ1) is 10.4. The Balaban J connectivity index is 2.16. The predicted molar refractivity (Wildman–Crippen MR) is 78.9 cm³/mol. The molecule has 0 amide bonds. The highest BCUT2D eigenvalue weighted by Gasteiger charge is 2.15. The van der Waals surface area contributed by atoms with Crippen molar-refractivity contribution in [1.29, 1.82) is 0 Å². The molecule has 116 valence electrons. The van der Waals surface area contributed by atoms with Crippen LogP contribution in [0.2, 0.25) is 0 Å². The van der Waals surface area contributed by atoms with Crippen LogP contribution in [-0.2, 0) is 14.8 Å². The molecule has 0 aliphatic rings. The van der Waals surface area contributed by atoms with Crippen molar-refractivity contribution in [1.82, 2.24) is 0 Å². The largest absolute Gasteiger partial charge is 0.546 e. The van der Waals surface area contributed by atoms with Gasteiger partial charge in [0.2, 0.25) is 0 Å². The van der Waals surface area contributed by atoms with Gasteiger partial charge in [0.15, 0.2) is 0 Å². The number of carbonyl (C=O) groups excluding carboxylic acids is 1. The van der Waals surface area contributed by atoms with Gasteiger partial charge in [-0.25, -0.2) is 8.42 Å². The molecule has 0 atom stereocenters. The van der Waals surface area contributed by atoms with E-state index in [-0.39, 0.29) is 10.6 Å². The third-order valence-corrected chi connectivity index (χ3v) is 4.26. The monoisotopic (exact) mass is 320 g/mol. The maximum Gasteiger partial charge on any atom is 0.261 e. The standard InChI is InChI=1S/C15H15NO5S/c1-11-4-2-3-5-14(11)16-22(19,20)13-8-6-12(7-9-13)21-10-15(17)18/h2-9,16H,10H2,1H3,(H,17,18)/p-1. The van der Waals surface area contributed by atoms with Gasteiger partial charge < -0.3 is 14.6 Å². The lowest BCUT2D eigenvalue weighted by atomic mass is 10.2. The van der Waals surface area contributed by atoms with Crippen LogP contribution in [0.15, 0.2) is 53.4 Å². The van der Waals surface area contributed by atoms with Gasteiger partial charge in [-0.2, -0.15) is 0 Å². The summed E-state index contributed by atoms with van der Waals surface area (Å²) in [6.07, 6.45) is 0.